The molecule has 2 aromatic carbocycles. The highest BCUT2D eigenvalue weighted by molar-refractivity contribution is 5.82. The lowest BCUT2D eigenvalue weighted by atomic mass is 9.76. The Morgan fingerprint density at radius 1 is 0.963 bits per heavy atom. The topological polar surface area (TPSA) is 30.7 Å². The van der Waals surface area contributed by atoms with Gasteiger partial charge in [-0.15, -0.1) is 5.10 Å². The minimum atomic E-state index is 0.325. The molecule has 0 N–H and O–H groups in total. The molecule has 27 heavy (non-hydrogen) atoms. The van der Waals surface area contributed by atoms with Crippen molar-refractivity contribution in [3.63, 3.8) is 0 Å². The quantitative estimate of drug-likeness (QED) is 0.550. The Hall–Kier alpha value is -2.42. The van der Waals surface area contributed by atoms with Crippen molar-refractivity contribution in [3.8, 4) is 22.5 Å². The van der Waals surface area contributed by atoms with E-state index >= 15 is 0 Å². The van der Waals surface area contributed by atoms with Crippen LogP contribution in [0, 0.1) is 5.92 Å². The van der Waals surface area contributed by atoms with Crippen molar-refractivity contribution in [1.29, 1.82) is 0 Å². The van der Waals surface area contributed by atoms with Crippen LogP contribution in [0.2, 0.25) is 0 Å². The third-order valence-corrected chi connectivity index (χ3v) is 6.36. The van der Waals surface area contributed by atoms with E-state index in [1.165, 1.54) is 34.4 Å². The van der Waals surface area contributed by atoms with E-state index in [-0.39, 0.29) is 0 Å². The van der Waals surface area contributed by atoms with Gasteiger partial charge in [0.05, 0.1) is 11.7 Å². The van der Waals surface area contributed by atoms with Gasteiger partial charge in [0.2, 0.25) is 0 Å². The Bertz CT molecular complexity index is 940. The maximum atomic E-state index is 4.70. The van der Waals surface area contributed by atoms with Crippen molar-refractivity contribution in [1.82, 2.24) is 15.0 Å². The largest absolute Gasteiger partial charge is 0.241 e. The molecule has 1 aliphatic carbocycles. The molecule has 3 heteroatoms. The van der Waals surface area contributed by atoms with E-state index in [4.69, 9.17) is 5.10 Å². The third kappa shape index (κ3) is 2.99. The average molecular weight is 360 g/mol. The van der Waals surface area contributed by atoms with Gasteiger partial charge in [0.15, 0.2) is 0 Å². The van der Waals surface area contributed by atoms with Gasteiger partial charge < -0.3 is 0 Å². The van der Waals surface area contributed by atoms with Crippen LogP contribution in [-0.2, 0) is 6.42 Å². The molecule has 0 saturated carbocycles. The highest BCUT2D eigenvalue weighted by atomic mass is 15.4. The standard InChI is InChI=1S/C24H29N3/c1-5-16(3)22-15-18-11-7-8-12-19(18)24-23(21-14-10-9-13-20(21)22)25-26-27(24)17(4)6-2/h7-14,16-17,22H,5-6,15H2,1-4H3. The van der Waals surface area contributed by atoms with Gasteiger partial charge in [-0.25, -0.2) is 4.68 Å². The van der Waals surface area contributed by atoms with Crippen molar-refractivity contribution in [3.05, 3.63) is 59.7 Å². The van der Waals surface area contributed by atoms with Crippen molar-refractivity contribution >= 4 is 0 Å². The van der Waals surface area contributed by atoms with Gasteiger partial charge in [-0.2, -0.15) is 0 Å². The summed E-state index contributed by atoms with van der Waals surface area (Å²) >= 11 is 0. The number of aromatic nitrogens is 3. The monoisotopic (exact) mass is 359 g/mol. The van der Waals surface area contributed by atoms with Gasteiger partial charge in [0.1, 0.15) is 5.69 Å². The summed E-state index contributed by atoms with van der Waals surface area (Å²) in [7, 11) is 0. The number of nitrogens with zero attached hydrogens (tertiary/aromatic N) is 3. The van der Waals surface area contributed by atoms with Crippen LogP contribution in [0.5, 0.6) is 0 Å². The van der Waals surface area contributed by atoms with Crippen LogP contribution >= 0.6 is 0 Å². The van der Waals surface area contributed by atoms with Crippen LogP contribution in [-0.4, -0.2) is 15.0 Å². The molecule has 1 heterocycles. The van der Waals surface area contributed by atoms with Crippen molar-refractivity contribution in [2.75, 3.05) is 0 Å². The molecule has 0 fully saturated rings. The maximum absolute atomic E-state index is 4.70. The van der Waals surface area contributed by atoms with Crippen molar-refractivity contribution < 1.29 is 0 Å². The summed E-state index contributed by atoms with van der Waals surface area (Å²) in [5.74, 6) is 1.11. The van der Waals surface area contributed by atoms with Crippen LogP contribution < -0.4 is 0 Å². The van der Waals surface area contributed by atoms with E-state index in [0.717, 1.165) is 18.5 Å². The Morgan fingerprint density at radius 2 is 1.67 bits per heavy atom. The Balaban J connectivity index is 2.04. The summed E-state index contributed by atoms with van der Waals surface area (Å²) in [5, 5.41) is 9.31. The van der Waals surface area contributed by atoms with E-state index in [1.807, 2.05) is 0 Å². The first-order chi connectivity index (χ1) is 13.2. The fourth-order valence-electron chi connectivity index (χ4n) is 4.31. The normalized spacial score (nSPS) is 17.9. The number of fused-ring (bicyclic) bond motifs is 5. The zero-order valence-corrected chi connectivity index (χ0v) is 16.8. The van der Waals surface area contributed by atoms with Crippen molar-refractivity contribution in [2.45, 2.75) is 58.9 Å². The lowest BCUT2D eigenvalue weighted by molar-refractivity contribution is 0.443. The van der Waals surface area contributed by atoms with Gasteiger partial charge in [0, 0.05) is 11.1 Å². The lowest BCUT2D eigenvalue weighted by Gasteiger charge is -2.29. The fraction of sp³-hybridized carbons (Fsp3) is 0.417. The van der Waals surface area contributed by atoms with Gasteiger partial charge in [0.25, 0.3) is 0 Å². The highest BCUT2D eigenvalue weighted by Gasteiger charge is 2.30. The minimum Gasteiger partial charge on any atom is -0.241 e. The van der Waals surface area contributed by atoms with Gasteiger partial charge in [-0.3, -0.25) is 0 Å². The van der Waals surface area contributed by atoms with E-state index in [2.05, 4.69) is 86.1 Å². The zero-order valence-electron chi connectivity index (χ0n) is 16.8. The third-order valence-electron chi connectivity index (χ3n) is 6.36. The Kier molecular flexibility index (Phi) is 4.86. The van der Waals surface area contributed by atoms with Gasteiger partial charge in [-0.1, -0.05) is 80.9 Å². The summed E-state index contributed by atoms with van der Waals surface area (Å²) in [4.78, 5) is 0. The van der Waals surface area contributed by atoms with Crippen LogP contribution in [0.3, 0.4) is 0 Å². The highest BCUT2D eigenvalue weighted by Crippen LogP contribution is 2.44. The van der Waals surface area contributed by atoms with Gasteiger partial charge in [-0.05, 0) is 42.7 Å². The molecule has 0 amide bonds. The van der Waals surface area contributed by atoms with E-state index in [9.17, 15) is 0 Å². The second kappa shape index (κ2) is 7.30. The smallest absolute Gasteiger partial charge is 0.121 e. The Morgan fingerprint density at radius 3 is 2.41 bits per heavy atom. The SMILES string of the molecule is CCC(C)C1Cc2ccccc2-c2c(nnn2C(C)CC)-c2ccccc21. The average Bonchev–Trinajstić information content (AvgIpc) is 3.14. The molecule has 3 aromatic rings. The molecule has 1 aliphatic rings. The second-order valence-corrected chi connectivity index (χ2v) is 7.93. The van der Waals surface area contributed by atoms with Crippen LogP contribution in [0.4, 0.5) is 0 Å². The molecular weight excluding hydrogens is 330 g/mol. The minimum absolute atomic E-state index is 0.325. The van der Waals surface area contributed by atoms with E-state index in [0.29, 0.717) is 17.9 Å². The van der Waals surface area contributed by atoms with Crippen LogP contribution in [0.15, 0.2) is 48.5 Å². The molecular formula is C24H29N3. The van der Waals surface area contributed by atoms with Gasteiger partial charge >= 0.3 is 0 Å². The summed E-state index contributed by atoms with van der Waals surface area (Å²) < 4.78 is 2.13. The molecule has 0 bridgehead atoms. The first-order valence-electron chi connectivity index (χ1n) is 10.3. The predicted octanol–water partition coefficient (Wildman–Crippen LogP) is 6.27. The number of hydrogen-bond acceptors (Lipinski definition) is 2. The molecule has 0 saturated heterocycles. The zero-order chi connectivity index (χ0) is 19.0. The van der Waals surface area contributed by atoms with E-state index in [1.54, 1.807) is 0 Å². The number of benzene rings is 2. The molecule has 0 radical (unpaired) electrons. The second-order valence-electron chi connectivity index (χ2n) is 7.93. The molecule has 0 aliphatic heterocycles. The number of rotatable bonds is 4. The maximum Gasteiger partial charge on any atom is 0.121 e. The molecule has 3 unspecified atom stereocenters. The molecule has 0 spiro atoms. The number of hydrogen-bond donors (Lipinski definition) is 0. The van der Waals surface area contributed by atoms with Crippen LogP contribution in [0.25, 0.3) is 22.5 Å². The van der Waals surface area contributed by atoms with Crippen LogP contribution in [0.1, 0.15) is 63.6 Å². The summed E-state index contributed by atoms with van der Waals surface area (Å²) in [6, 6.07) is 18.0. The molecule has 1 aromatic heterocycles. The Labute approximate surface area is 162 Å². The molecule has 3 nitrogen and oxygen atoms in total. The molecule has 3 atom stereocenters. The summed E-state index contributed by atoms with van der Waals surface area (Å²) in [6.07, 6.45) is 3.27. The van der Waals surface area contributed by atoms with E-state index < -0.39 is 0 Å². The predicted molar refractivity (Wildman–Crippen MR) is 112 cm³/mol. The van der Waals surface area contributed by atoms with Crippen molar-refractivity contribution in [2.24, 2.45) is 5.92 Å². The lowest BCUT2D eigenvalue weighted by Crippen LogP contribution is -2.16. The fourth-order valence-corrected chi connectivity index (χ4v) is 4.31. The first-order valence-corrected chi connectivity index (χ1v) is 10.3. The summed E-state index contributed by atoms with van der Waals surface area (Å²) in [5.41, 5.74) is 7.58. The molecule has 140 valence electrons. The first kappa shape index (κ1) is 18.0. The molecule has 4 rings (SSSR count). The summed E-state index contributed by atoms with van der Waals surface area (Å²) in [6.45, 7) is 9.11.